The Labute approximate surface area is 182 Å². The Morgan fingerprint density at radius 3 is 2.48 bits per heavy atom. The maximum Gasteiger partial charge on any atom is 0.224 e. The van der Waals surface area contributed by atoms with Gasteiger partial charge >= 0.3 is 0 Å². The van der Waals surface area contributed by atoms with Gasteiger partial charge in [-0.25, -0.2) is 9.41 Å². The third kappa shape index (κ3) is 2.91. The van der Waals surface area contributed by atoms with Gasteiger partial charge < -0.3 is 4.42 Å². The largest absolute Gasteiger partial charge is 0.455 e. The van der Waals surface area contributed by atoms with E-state index in [-0.39, 0.29) is 0 Å². The van der Waals surface area contributed by atoms with Crippen LogP contribution in [-0.4, -0.2) is 0 Å². The smallest absolute Gasteiger partial charge is 0.224 e. The molecule has 31 heavy (non-hydrogen) atoms. The van der Waals surface area contributed by atoms with Crippen molar-refractivity contribution < 1.29 is 8.98 Å². The third-order valence-corrected chi connectivity index (χ3v) is 6.46. The van der Waals surface area contributed by atoms with Crippen LogP contribution in [0.3, 0.4) is 0 Å². The van der Waals surface area contributed by atoms with Crippen LogP contribution in [0.5, 0.6) is 0 Å². The van der Waals surface area contributed by atoms with Gasteiger partial charge in [-0.15, -0.1) is 0 Å². The van der Waals surface area contributed by atoms with E-state index in [0.29, 0.717) is 11.6 Å². The van der Waals surface area contributed by atoms with Gasteiger partial charge in [-0.1, -0.05) is 32.0 Å². The Hall–Kier alpha value is -3.64. The van der Waals surface area contributed by atoms with Crippen LogP contribution in [0, 0.1) is 20.4 Å². The number of furan rings is 1. The van der Waals surface area contributed by atoms with Crippen LogP contribution in [0.1, 0.15) is 36.5 Å². The monoisotopic (exact) mass is 405 g/mol. The molecule has 0 aliphatic heterocycles. The van der Waals surface area contributed by atoms with Gasteiger partial charge in [0.15, 0.2) is 11.9 Å². The van der Waals surface area contributed by atoms with Crippen LogP contribution in [0.2, 0.25) is 0 Å². The average molecular weight is 406 g/mol. The summed E-state index contributed by atoms with van der Waals surface area (Å²) >= 11 is 0. The minimum Gasteiger partial charge on any atom is -0.455 e. The molecule has 0 unspecified atom stereocenters. The van der Waals surface area contributed by atoms with E-state index in [9.17, 15) is 0 Å². The fraction of sp³-hybridized carbons (Fsp3) is 0.214. The van der Waals surface area contributed by atoms with E-state index < -0.39 is 0 Å². The SMILES string of the molecule is [C-]#[N+]c1ccc2oc3c(-c4c5ccc(C(C)C)cc5cc[n+]4C)c(C)c(C)cc3c2c1. The molecule has 0 bridgehead atoms. The number of fused-ring (bicyclic) bond motifs is 4. The highest BCUT2D eigenvalue weighted by Gasteiger charge is 2.24. The van der Waals surface area contributed by atoms with Gasteiger partial charge in [0.25, 0.3) is 0 Å². The second-order valence-corrected chi connectivity index (χ2v) is 8.74. The number of nitrogens with zero attached hydrogens (tertiary/aromatic N) is 2. The molecule has 0 amide bonds. The minimum atomic E-state index is 0.487. The Kier molecular flexibility index (Phi) is 4.34. The Morgan fingerprint density at radius 1 is 0.935 bits per heavy atom. The summed E-state index contributed by atoms with van der Waals surface area (Å²) in [5.41, 5.74) is 8.39. The number of hydrogen-bond donors (Lipinski definition) is 0. The number of aryl methyl sites for hydroxylation is 2. The van der Waals surface area contributed by atoms with Crippen molar-refractivity contribution in [1.29, 1.82) is 0 Å². The van der Waals surface area contributed by atoms with E-state index in [2.05, 4.69) is 80.7 Å². The Bertz CT molecular complexity index is 1550. The van der Waals surface area contributed by atoms with E-state index in [1.54, 1.807) is 0 Å². The third-order valence-electron chi connectivity index (χ3n) is 6.46. The first-order valence-electron chi connectivity index (χ1n) is 10.7. The molecule has 0 spiro atoms. The van der Waals surface area contributed by atoms with E-state index >= 15 is 0 Å². The van der Waals surface area contributed by atoms with Crippen LogP contribution in [0.4, 0.5) is 5.69 Å². The van der Waals surface area contributed by atoms with Crippen LogP contribution < -0.4 is 4.57 Å². The predicted octanol–water partition coefficient (Wildman–Crippen LogP) is 7.52. The molecule has 3 heteroatoms. The van der Waals surface area contributed by atoms with Crippen molar-refractivity contribution in [2.24, 2.45) is 7.05 Å². The van der Waals surface area contributed by atoms with Crippen molar-refractivity contribution in [3.8, 4) is 11.3 Å². The van der Waals surface area contributed by atoms with Gasteiger partial charge in [0, 0.05) is 16.8 Å². The van der Waals surface area contributed by atoms with Crippen LogP contribution in [0.15, 0.2) is 59.1 Å². The predicted molar refractivity (Wildman–Crippen MR) is 128 cm³/mol. The molecule has 0 saturated carbocycles. The fourth-order valence-electron chi connectivity index (χ4n) is 4.54. The molecular formula is C28H25N2O+. The van der Waals surface area contributed by atoms with Crippen LogP contribution in [0.25, 0.3) is 48.8 Å². The second-order valence-electron chi connectivity index (χ2n) is 8.74. The molecule has 0 atom stereocenters. The zero-order valence-electron chi connectivity index (χ0n) is 18.6. The first-order valence-corrected chi connectivity index (χ1v) is 10.7. The normalized spacial score (nSPS) is 11.6. The fourth-order valence-corrected chi connectivity index (χ4v) is 4.54. The second kappa shape index (κ2) is 6.96. The van der Waals surface area contributed by atoms with E-state index in [4.69, 9.17) is 11.0 Å². The maximum atomic E-state index is 7.39. The summed E-state index contributed by atoms with van der Waals surface area (Å²) in [6.07, 6.45) is 2.13. The lowest BCUT2D eigenvalue weighted by molar-refractivity contribution is -0.659. The lowest BCUT2D eigenvalue weighted by Crippen LogP contribution is -2.31. The van der Waals surface area contributed by atoms with E-state index in [1.807, 2.05) is 18.2 Å². The first kappa shape index (κ1) is 19.3. The molecule has 0 saturated heterocycles. The molecule has 0 radical (unpaired) electrons. The minimum absolute atomic E-state index is 0.487. The summed E-state index contributed by atoms with van der Waals surface area (Å²) in [5, 5.41) is 4.51. The summed E-state index contributed by atoms with van der Waals surface area (Å²) < 4.78 is 8.61. The molecule has 2 aromatic heterocycles. The number of pyridine rings is 1. The topological polar surface area (TPSA) is 21.4 Å². The molecule has 5 aromatic rings. The maximum absolute atomic E-state index is 7.39. The molecular weight excluding hydrogens is 380 g/mol. The number of benzene rings is 3. The van der Waals surface area contributed by atoms with Crippen molar-refractivity contribution in [2.45, 2.75) is 33.6 Å². The standard InChI is InChI=1S/C28H25N2O/c1-16(2)19-7-9-22-20(14-19)11-12-30(6)27(22)26-18(4)17(3)13-24-23-15-21(29-5)8-10-25(23)31-28(24)26/h7-16H,1-4,6H3/q+1. The highest BCUT2D eigenvalue weighted by molar-refractivity contribution is 6.13. The number of rotatable bonds is 2. The van der Waals surface area contributed by atoms with Gasteiger partial charge in [0.1, 0.15) is 18.2 Å². The molecule has 152 valence electrons. The quantitative estimate of drug-likeness (QED) is 0.220. The number of aromatic nitrogens is 1. The molecule has 0 aliphatic carbocycles. The highest BCUT2D eigenvalue weighted by atomic mass is 16.3. The zero-order chi connectivity index (χ0) is 21.9. The summed E-state index contributed by atoms with van der Waals surface area (Å²) in [4.78, 5) is 3.61. The highest BCUT2D eigenvalue weighted by Crippen LogP contribution is 2.41. The van der Waals surface area contributed by atoms with Gasteiger partial charge in [0.2, 0.25) is 5.69 Å². The van der Waals surface area contributed by atoms with Crippen molar-refractivity contribution in [3.05, 3.63) is 82.8 Å². The van der Waals surface area contributed by atoms with Crippen molar-refractivity contribution in [3.63, 3.8) is 0 Å². The Morgan fingerprint density at radius 2 is 1.74 bits per heavy atom. The van der Waals surface area contributed by atoms with Crippen molar-refractivity contribution in [1.82, 2.24) is 0 Å². The van der Waals surface area contributed by atoms with Crippen molar-refractivity contribution in [2.75, 3.05) is 0 Å². The lowest BCUT2D eigenvalue weighted by atomic mass is 9.92. The molecule has 0 N–H and O–H groups in total. The van der Waals surface area contributed by atoms with Gasteiger partial charge in [0.05, 0.1) is 17.5 Å². The summed E-state index contributed by atoms with van der Waals surface area (Å²) in [7, 11) is 2.10. The number of hydrogen-bond acceptors (Lipinski definition) is 1. The molecule has 0 aliphatic rings. The zero-order valence-corrected chi connectivity index (χ0v) is 18.6. The molecule has 2 heterocycles. The molecule has 0 fully saturated rings. The first-order chi connectivity index (χ1) is 14.9. The molecule has 3 aromatic carbocycles. The van der Waals surface area contributed by atoms with Gasteiger partial charge in [-0.2, -0.15) is 0 Å². The lowest BCUT2D eigenvalue weighted by Gasteiger charge is -2.12. The summed E-state index contributed by atoms with van der Waals surface area (Å²) in [6.45, 7) is 16.2. The van der Waals surface area contributed by atoms with Crippen LogP contribution >= 0.6 is 0 Å². The molecule has 5 rings (SSSR count). The average Bonchev–Trinajstić information content (AvgIpc) is 3.12. The van der Waals surface area contributed by atoms with E-state index in [1.165, 1.54) is 27.5 Å². The van der Waals surface area contributed by atoms with E-state index in [0.717, 1.165) is 33.2 Å². The van der Waals surface area contributed by atoms with Crippen molar-refractivity contribution >= 4 is 38.4 Å². The van der Waals surface area contributed by atoms with Crippen LogP contribution in [-0.2, 0) is 7.05 Å². The van der Waals surface area contributed by atoms with Gasteiger partial charge in [-0.05, 0) is 66.1 Å². The summed E-state index contributed by atoms with van der Waals surface area (Å²) in [6, 6.07) is 16.8. The van der Waals surface area contributed by atoms with Gasteiger partial charge in [-0.3, -0.25) is 0 Å². The molecule has 3 nitrogen and oxygen atoms in total. The Balaban J connectivity index is 1.93. The summed E-state index contributed by atoms with van der Waals surface area (Å²) in [5.74, 6) is 0.487.